The van der Waals surface area contributed by atoms with Gasteiger partial charge in [0.25, 0.3) is 0 Å². The molecule has 3 N–H and O–H groups in total. The zero-order valence-corrected chi connectivity index (χ0v) is 8.73. The summed E-state index contributed by atoms with van der Waals surface area (Å²) in [4.78, 5) is 24.6. The second-order valence-corrected chi connectivity index (χ2v) is 3.43. The fraction of sp³-hybridized carbons (Fsp3) is 0.750. The summed E-state index contributed by atoms with van der Waals surface area (Å²) in [5.41, 5.74) is 5.30. The van der Waals surface area contributed by atoms with E-state index in [9.17, 15) is 9.59 Å². The van der Waals surface area contributed by atoms with Crippen LogP contribution in [-0.2, 0) is 9.59 Å². The summed E-state index contributed by atoms with van der Waals surface area (Å²) in [6.07, 6.45) is 0. The lowest BCUT2D eigenvalue weighted by Gasteiger charge is -2.20. The van der Waals surface area contributed by atoms with Gasteiger partial charge in [0, 0.05) is 20.6 Å². The molecule has 1 unspecified atom stereocenters. The molecule has 14 heavy (non-hydrogen) atoms. The third-order valence-corrected chi connectivity index (χ3v) is 1.73. The molecule has 0 aliphatic carbocycles. The molecule has 0 spiro atoms. The Labute approximate surface area is 83.3 Å². The minimum Gasteiger partial charge on any atom is -0.480 e. The lowest BCUT2D eigenvalue weighted by molar-refractivity contribution is -0.139. The van der Waals surface area contributed by atoms with Crippen molar-refractivity contribution in [3.05, 3.63) is 0 Å². The van der Waals surface area contributed by atoms with E-state index in [4.69, 9.17) is 10.8 Å². The van der Waals surface area contributed by atoms with Crippen LogP contribution in [0.4, 0.5) is 0 Å². The smallest absolute Gasteiger partial charge is 0.321 e. The van der Waals surface area contributed by atoms with E-state index in [0.717, 1.165) is 0 Å². The number of nitrogens with zero attached hydrogens (tertiary/aromatic N) is 2. The van der Waals surface area contributed by atoms with Gasteiger partial charge < -0.3 is 15.7 Å². The number of rotatable bonds is 5. The summed E-state index contributed by atoms with van der Waals surface area (Å²) >= 11 is 0. The SMILES string of the molecule is CN(CC(=O)N(C)C)CC(N)C(=O)O. The van der Waals surface area contributed by atoms with Crippen molar-refractivity contribution in [1.29, 1.82) is 0 Å². The summed E-state index contributed by atoms with van der Waals surface area (Å²) in [5, 5.41) is 8.53. The Kier molecular flexibility index (Phi) is 5.11. The van der Waals surface area contributed by atoms with E-state index in [1.807, 2.05) is 0 Å². The maximum atomic E-state index is 11.2. The van der Waals surface area contributed by atoms with Gasteiger partial charge in [0.05, 0.1) is 6.54 Å². The van der Waals surface area contributed by atoms with Crippen LogP contribution in [0.2, 0.25) is 0 Å². The zero-order chi connectivity index (χ0) is 11.3. The number of nitrogens with two attached hydrogens (primary N) is 1. The van der Waals surface area contributed by atoms with Gasteiger partial charge in [-0.25, -0.2) is 0 Å². The van der Waals surface area contributed by atoms with Crippen molar-refractivity contribution < 1.29 is 14.7 Å². The molecule has 0 radical (unpaired) electrons. The molecule has 0 aromatic rings. The predicted octanol–water partition coefficient (Wildman–Crippen LogP) is -1.58. The van der Waals surface area contributed by atoms with E-state index in [0.29, 0.717) is 0 Å². The third-order valence-electron chi connectivity index (χ3n) is 1.73. The number of hydrogen-bond donors (Lipinski definition) is 2. The van der Waals surface area contributed by atoms with Crippen LogP contribution in [-0.4, -0.2) is 67.1 Å². The van der Waals surface area contributed by atoms with E-state index >= 15 is 0 Å². The molecule has 0 aromatic carbocycles. The topological polar surface area (TPSA) is 86.9 Å². The Morgan fingerprint density at radius 1 is 1.36 bits per heavy atom. The number of likely N-dealkylation sites (N-methyl/N-ethyl adjacent to an activating group) is 2. The van der Waals surface area contributed by atoms with Crippen LogP contribution in [0.15, 0.2) is 0 Å². The Hall–Kier alpha value is -1.14. The predicted molar refractivity (Wildman–Crippen MR) is 51.8 cm³/mol. The molecule has 0 saturated heterocycles. The highest BCUT2D eigenvalue weighted by Gasteiger charge is 2.16. The molecule has 0 bridgehead atoms. The fourth-order valence-electron chi connectivity index (χ4n) is 0.851. The summed E-state index contributed by atoms with van der Waals surface area (Å²) in [7, 11) is 4.95. The second-order valence-electron chi connectivity index (χ2n) is 3.43. The van der Waals surface area contributed by atoms with Gasteiger partial charge in [-0.15, -0.1) is 0 Å². The monoisotopic (exact) mass is 203 g/mol. The zero-order valence-electron chi connectivity index (χ0n) is 8.73. The van der Waals surface area contributed by atoms with Crippen molar-refractivity contribution in [3.8, 4) is 0 Å². The molecule has 1 amide bonds. The normalized spacial score (nSPS) is 12.6. The first-order valence-electron chi connectivity index (χ1n) is 4.21. The molecule has 0 heterocycles. The second kappa shape index (κ2) is 5.56. The Morgan fingerprint density at radius 2 is 1.86 bits per heavy atom. The molecule has 6 nitrogen and oxygen atoms in total. The maximum Gasteiger partial charge on any atom is 0.321 e. The molecular formula is C8H17N3O3. The average molecular weight is 203 g/mol. The van der Waals surface area contributed by atoms with Crippen molar-refractivity contribution in [2.75, 3.05) is 34.2 Å². The number of amides is 1. The highest BCUT2D eigenvalue weighted by molar-refractivity contribution is 5.78. The molecule has 0 fully saturated rings. The van der Waals surface area contributed by atoms with Gasteiger partial charge in [-0.3, -0.25) is 14.5 Å². The number of carbonyl (C=O) groups is 2. The van der Waals surface area contributed by atoms with Crippen LogP contribution in [0.3, 0.4) is 0 Å². The van der Waals surface area contributed by atoms with Crippen LogP contribution >= 0.6 is 0 Å². The first kappa shape index (κ1) is 12.9. The van der Waals surface area contributed by atoms with Gasteiger partial charge in [-0.05, 0) is 7.05 Å². The van der Waals surface area contributed by atoms with E-state index in [-0.39, 0.29) is 19.0 Å². The quantitative estimate of drug-likeness (QED) is 0.563. The summed E-state index contributed by atoms with van der Waals surface area (Å²) in [5.74, 6) is -1.14. The highest BCUT2D eigenvalue weighted by atomic mass is 16.4. The van der Waals surface area contributed by atoms with E-state index in [1.165, 1.54) is 4.90 Å². The van der Waals surface area contributed by atoms with Crippen molar-refractivity contribution in [2.45, 2.75) is 6.04 Å². The lowest BCUT2D eigenvalue weighted by Crippen LogP contribution is -2.44. The first-order valence-corrected chi connectivity index (χ1v) is 4.21. The van der Waals surface area contributed by atoms with Gasteiger partial charge in [0.1, 0.15) is 6.04 Å². The molecule has 6 heteroatoms. The van der Waals surface area contributed by atoms with E-state index in [2.05, 4.69) is 0 Å². The molecule has 82 valence electrons. The maximum absolute atomic E-state index is 11.2. The Bertz CT molecular complexity index is 218. The van der Waals surface area contributed by atoms with Crippen LogP contribution in [0, 0.1) is 0 Å². The van der Waals surface area contributed by atoms with Gasteiger partial charge in [-0.2, -0.15) is 0 Å². The molecule has 0 aromatic heterocycles. The van der Waals surface area contributed by atoms with Crippen molar-refractivity contribution >= 4 is 11.9 Å². The van der Waals surface area contributed by atoms with Gasteiger partial charge in [-0.1, -0.05) is 0 Å². The van der Waals surface area contributed by atoms with Crippen LogP contribution in [0.1, 0.15) is 0 Å². The molecule has 0 aliphatic heterocycles. The first-order chi connectivity index (χ1) is 6.34. The summed E-state index contributed by atoms with van der Waals surface area (Å²) in [6.45, 7) is 0.336. The molecule has 0 saturated carbocycles. The van der Waals surface area contributed by atoms with Crippen LogP contribution < -0.4 is 5.73 Å². The molecule has 0 rings (SSSR count). The van der Waals surface area contributed by atoms with Crippen molar-refractivity contribution in [1.82, 2.24) is 9.80 Å². The van der Waals surface area contributed by atoms with Crippen molar-refractivity contribution in [2.24, 2.45) is 5.73 Å². The molecule has 1 atom stereocenters. The van der Waals surface area contributed by atoms with Gasteiger partial charge in [0.2, 0.25) is 5.91 Å². The minimum absolute atomic E-state index is 0.0786. The number of hydrogen-bond acceptors (Lipinski definition) is 4. The van der Waals surface area contributed by atoms with Crippen LogP contribution in [0.25, 0.3) is 0 Å². The third kappa shape index (κ3) is 4.78. The van der Waals surface area contributed by atoms with E-state index in [1.54, 1.807) is 26.0 Å². The van der Waals surface area contributed by atoms with Crippen molar-refractivity contribution in [3.63, 3.8) is 0 Å². The standard InChI is InChI=1S/C8H17N3O3/c1-10(2)7(12)5-11(3)4-6(9)8(13)14/h6H,4-5,9H2,1-3H3,(H,13,14). The minimum atomic E-state index is -1.06. The average Bonchev–Trinajstić information content (AvgIpc) is 2.03. The highest BCUT2D eigenvalue weighted by Crippen LogP contribution is 1.89. The Morgan fingerprint density at radius 3 is 2.21 bits per heavy atom. The fourth-order valence-corrected chi connectivity index (χ4v) is 0.851. The van der Waals surface area contributed by atoms with Crippen LogP contribution in [0.5, 0.6) is 0 Å². The number of carbonyl (C=O) groups excluding carboxylic acids is 1. The molecule has 0 aliphatic rings. The van der Waals surface area contributed by atoms with E-state index < -0.39 is 12.0 Å². The number of aliphatic carboxylic acids is 1. The molecular weight excluding hydrogens is 186 g/mol. The number of carboxylic acid groups (broad SMARTS) is 1. The number of carboxylic acids is 1. The summed E-state index contributed by atoms with van der Waals surface area (Å²) in [6, 6.07) is -0.949. The largest absolute Gasteiger partial charge is 0.480 e. The lowest BCUT2D eigenvalue weighted by atomic mass is 10.3. The van der Waals surface area contributed by atoms with Gasteiger partial charge in [0.15, 0.2) is 0 Å². The van der Waals surface area contributed by atoms with Gasteiger partial charge >= 0.3 is 5.97 Å². The summed E-state index contributed by atoms with van der Waals surface area (Å²) < 4.78 is 0. The Balaban J connectivity index is 3.92.